The molecule has 4 N–H and O–H groups in total. The molecule has 0 bridgehead atoms. The smallest absolute Gasteiger partial charge is 0.222 e. The molecule has 0 saturated heterocycles. The lowest BCUT2D eigenvalue weighted by molar-refractivity contribution is 0.781. The summed E-state index contributed by atoms with van der Waals surface area (Å²) in [5.41, 5.74) is 5.32. The molecule has 0 atom stereocenters. The van der Waals surface area contributed by atoms with Gasteiger partial charge in [0.25, 0.3) is 0 Å². The van der Waals surface area contributed by atoms with Crippen LogP contribution < -0.4 is 11.1 Å². The van der Waals surface area contributed by atoms with E-state index in [1.165, 1.54) is 0 Å². The van der Waals surface area contributed by atoms with Crippen LogP contribution >= 0.6 is 0 Å². The fourth-order valence-corrected chi connectivity index (χ4v) is 0.805. The Kier molecular flexibility index (Phi) is 3.04. The number of rotatable bonds is 4. The Balaban J connectivity index is 2.52. The molecule has 0 aliphatic carbocycles. The van der Waals surface area contributed by atoms with Crippen LogP contribution in [0.4, 0.5) is 5.95 Å². The van der Waals surface area contributed by atoms with E-state index >= 15 is 0 Å². The summed E-state index contributed by atoms with van der Waals surface area (Å²) in [5.74, 6) is 1.98. The molecule has 68 valence electrons. The highest BCUT2D eigenvalue weighted by molar-refractivity contribution is 5.22. The minimum atomic E-state index is 0.380. The Hall–Kier alpha value is -1.10. The van der Waals surface area contributed by atoms with Gasteiger partial charge in [-0.1, -0.05) is 13.8 Å². The van der Waals surface area contributed by atoms with Crippen LogP contribution in [-0.4, -0.2) is 28.3 Å². The molecule has 1 aromatic heterocycles. The van der Waals surface area contributed by atoms with Gasteiger partial charge in [-0.3, -0.25) is 0 Å². The van der Waals surface area contributed by atoms with E-state index in [0.717, 1.165) is 5.82 Å². The quantitative estimate of drug-likeness (QED) is 0.605. The van der Waals surface area contributed by atoms with Crippen LogP contribution in [0.25, 0.3) is 0 Å². The Morgan fingerprint density at radius 1 is 1.50 bits per heavy atom. The van der Waals surface area contributed by atoms with Crippen LogP contribution in [0.15, 0.2) is 0 Å². The summed E-state index contributed by atoms with van der Waals surface area (Å²) in [7, 11) is 0. The van der Waals surface area contributed by atoms with Crippen LogP contribution in [0.1, 0.15) is 25.6 Å². The topological polar surface area (TPSA) is 79.6 Å². The fourth-order valence-electron chi connectivity index (χ4n) is 0.805. The van der Waals surface area contributed by atoms with Gasteiger partial charge >= 0.3 is 0 Å². The number of H-pyrrole nitrogens is 1. The molecule has 0 amide bonds. The average molecular weight is 169 g/mol. The van der Waals surface area contributed by atoms with Crippen LogP contribution in [0.3, 0.4) is 0 Å². The minimum Gasteiger partial charge on any atom is -0.353 e. The van der Waals surface area contributed by atoms with Gasteiger partial charge in [-0.15, -0.1) is 10.2 Å². The molecule has 1 rings (SSSR count). The van der Waals surface area contributed by atoms with Gasteiger partial charge in [-0.2, -0.15) is 0 Å². The van der Waals surface area contributed by atoms with Gasteiger partial charge in [0.05, 0.1) is 0 Å². The molecule has 0 aromatic carbocycles. The lowest BCUT2D eigenvalue weighted by Crippen LogP contribution is -2.13. The zero-order valence-electron chi connectivity index (χ0n) is 7.46. The molecular formula is C7H15N5. The standard InChI is InChI=1S/C7H15N5/c1-5(2)6-10-7(12-11-6)9-4-3-8/h5H,3-4,8H2,1-2H3,(H2,9,10,11,12). The van der Waals surface area contributed by atoms with Crippen molar-refractivity contribution in [2.75, 3.05) is 18.4 Å². The van der Waals surface area contributed by atoms with Crippen LogP contribution in [-0.2, 0) is 0 Å². The highest BCUT2D eigenvalue weighted by Gasteiger charge is 2.04. The maximum Gasteiger partial charge on any atom is 0.222 e. The van der Waals surface area contributed by atoms with Gasteiger partial charge in [0, 0.05) is 19.0 Å². The molecule has 0 aliphatic heterocycles. The highest BCUT2D eigenvalue weighted by Crippen LogP contribution is 2.09. The number of hydrogen-bond acceptors (Lipinski definition) is 4. The van der Waals surface area contributed by atoms with Crippen LogP contribution in [0.2, 0.25) is 0 Å². The van der Waals surface area contributed by atoms with E-state index in [1.54, 1.807) is 0 Å². The summed E-state index contributed by atoms with van der Waals surface area (Å²) in [6.07, 6.45) is 0. The van der Waals surface area contributed by atoms with Crippen LogP contribution in [0.5, 0.6) is 0 Å². The van der Waals surface area contributed by atoms with Crippen molar-refractivity contribution >= 4 is 5.95 Å². The van der Waals surface area contributed by atoms with Crippen LogP contribution in [0, 0.1) is 0 Å². The van der Waals surface area contributed by atoms with Crippen molar-refractivity contribution in [2.24, 2.45) is 5.73 Å². The fraction of sp³-hybridized carbons (Fsp3) is 0.714. The molecule has 0 aliphatic rings. The molecule has 0 saturated carbocycles. The molecule has 1 aromatic rings. The summed E-state index contributed by atoms with van der Waals surface area (Å²) < 4.78 is 0. The molecule has 0 unspecified atom stereocenters. The maximum atomic E-state index is 5.32. The SMILES string of the molecule is CC(C)c1nnc(NCCN)[nH]1. The first-order valence-electron chi connectivity index (χ1n) is 4.10. The van der Waals surface area contributed by atoms with E-state index in [9.17, 15) is 0 Å². The normalized spacial score (nSPS) is 10.7. The molecule has 5 nitrogen and oxygen atoms in total. The van der Waals surface area contributed by atoms with E-state index in [1.807, 2.05) is 0 Å². The Morgan fingerprint density at radius 2 is 2.25 bits per heavy atom. The third-order valence-electron chi connectivity index (χ3n) is 1.49. The first-order valence-corrected chi connectivity index (χ1v) is 4.10. The number of nitrogens with one attached hydrogen (secondary N) is 2. The summed E-state index contributed by atoms with van der Waals surface area (Å²) in [6, 6.07) is 0. The van der Waals surface area contributed by atoms with Gasteiger partial charge in [0.2, 0.25) is 5.95 Å². The third-order valence-corrected chi connectivity index (χ3v) is 1.49. The van der Waals surface area contributed by atoms with E-state index < -0.39 is 0 Å². The molecule has 0 spiro atoms. The number of nitrogens with two attached hydrogens (primary N) is 1. The van der Waals surface area contributed by atoms with Gasteiger partial charge in [0.15, 0.2) is 0 Å². The predicted molar refractivity (Wildman–Crippen MR) is 48.0 cm³/mol. The van der Waals surface area contributed by atoms with E-state index in [4.69, 9.17) is 5.73 Å². The lowest BCUT2D eigenvalue weighted by atomic mass is 10.2. The highest BCUT2D eigenvalue weighted by atomic mass is 15.3. The predicted octanol–water partition coefficient (Wildman–Crippen LogP) is 0.299. The Morgan fingerprint density at radius 3 is 2.75 bits per heavy atom. The summed E-state index contributed by atoms with van der Waals surface area (Å²) in [5, 5.41) is 10.9. The Labute approximate surface area is 71.8 Å². The summed E-state index contributed by atoms with van der Waals surface area (Å²) >= 11 is 0. The van der Waals surface area contributed by atoms with Gasteiger partial charge < -0.3 is 16.0 Å². The molecule has 0 fully saturated rings. The van der Waals surface area contributed by atoms with E-state index in [2.05, 4.69) is 34.3 Å². The minimum absolute atomic E-state index is 0.380. The number of hydrogen-bond donors (Lipinski definition) is 3. The molecule has 12 heavy (non-hydrogen) atoms. The van der Waals surface area contributed by atoms with Crippen molar-refractivity contribution in [2.45, 2.75) is 19.8 Å². The van der Waals surface area contributed by atoms with E-state index in [-0.39, 0.29) is 0 Å². The average Bonchev–Trinajstić information content (AvgIpc) is 2.48. The lowest BCUT2D eigenvalue weighted by Gasteiger charge is -1.98. The summed E-state index contributed by atoms with van der Waals surface area (Å²) in [6.45, 7) is 5.44. The molecular weight excluding hydrogens is 154 g/mol. The number of nitrogens with zero attached hydrogens (tertiary/aromatic N) is 2. The van der Waals surface area contributed by atoms with Crippen molar-refractivity contribution in [3.63, 3.8) is 0 Å². The monoisotopic (exact) mass is 169 g/mol. The first-order chi connectivity index (χ1) is 5.74. The Bertz CT molecular complexity index is 229. The summed E-state index contributed by atoms with van der Waals surface area (Å²) in [4.78, 5) is 3.06. The van der Waals surface area contributed by atoms with Crippen molar-refractivity contribution < 1.29 is 0 Å². The first kappa shape index (κ1) is 8.99. The zero-order valence-corrected chi connectivity index (χ0v) is 7.46. The second-order valence-electron chi connectivity index (χ2n) is 2.93. The third kappa shape index (κ3) is 2.20. The van der Waals surface area contributed by atoms with Crippen molar-refractivity contribution in [3.05, 3.63) is 5.82 Å². The van der Waals surface area contributed by atoms with Gasteiger partial charge in [0.1, 0.15) is 5.82 Å². The van der Waals surface area contributed by atoms with Crippen molar-refractivity contribution in [1.82, 2.24) is 15.2 Å². The maximum absolute atomic E-state index is 5.32. The van der Waals surface area contributed by atoms with Gasteiger partial charge in [-0.25, -0.2) is 0 Å². The van der Waals surface area contributed by atoms with Crippen molar-refractivity contribution in [1.29, 1.82) is 0 Å². The molecule has 0 radical (unpaired) electrons. The van der Waals surface area contributed by atoms with Crippen molar-refractivity contribution in [3.8, 4) is 0 Å². The second-order valence-corrected chi connectivity index (χ2v) is 2.93. The molecule has 1 heterocycles. The largest absolute Gasteiger partial charge is 0.353 e. The second kappa shape index (κ2) is 4.06. The number of anilines is 1. The molecule has 5 heteroatoms. The number of aromatic amines is 1. The van der Waals surface area contributed by atoms with Gasteiger partial charge in [-0.05, 0) is 0 Å². The van der Waals surface area contributed by atoms with E-state index in [0.29, 0.717) is 25.0 Å². The zero-order chi connectivity index (χ0) is 8.97. The number of aromatic nitrogens is 3.